The van der Waals surface area contributed by atoms with Gasteiger partial charge in [-0.05, 0) is 92.1 Å². The molecule has 0 bridgehead atoms. The molecule has 9 heteroatoms. The molecule has 0 amide bonds. The van der Waals surface area contributed by atoms with Crippen LogP contribution in [0.4, 0.5) is 4.39 Å². The highest BCUT2D eigenvalue weighted by Gasteiger charge is 2.42. The minimum atomic E-state index is -0.938. The Hall–Kier alpha value is -4.40. The summed E-state index contributed by atoms with van der Waals surface area (Å²) in [5.74, 6) is -2.52. The van der Waals surface area contributed by atoms with Crippen LogP contribution in [0.2, 0.25) is 0 Å². The summed E-state index contributed by atoms with van der Waals surface area (Å²) < 4.78 is 34.3. The zero-order valence-electron chi connectivity index (χ0n) is 27.0. The van der Waals surface area contributed by atoms with Crippen molar-refractivity contribution < 1.29 is 28.2 Å². The molecule has 0 atom stereocenters. The summed E-state index contributed by atoms with van der Waals surface area (Å²) in [7, 11) is 0. The SMILES string of the molecule is CCCOc1ccc(-c2nn(-c3ccccc3)cc2C2C(C(=O)OC(C)(C)C)=C(C)NC(C)=C2C(=O)OC(C)(C)C)cc1F. The van der Waals surface area contributed by atoms with Gasteiger partial charge in [-0.2, -0.15) is 5.10 Å². The Morgan fingerprint density at radius 3 is 1.98 bits per heavy atom. The van der Waals surface area contributed by atoms with E-state index in [4.69, 9.17) is 19.3 Å². The molecular formula is C35H42FN3O5. The molecule has 1 N–H and O–H groups in total. The van der Waals surface area contributed by atoms with Crippen LogP contribution in [-0.4, -0.2) is 39.5 Å². The topological polar surface area (TPSA) is 91.7 Å². The Balaban J connectivity index is 2.00. The number of nitrogens with zero attached hydrogens (tertiary/aromatic N) is 2. The number of hydrogen-bond donors (Lipinski definition) is 1. The van der Waals surface area contributed by atoms with Crippen molar-refractivity contribution in [3.05, 3.63) is 88.6 Å². The number of ether oxygens (including phenoxy) is 3. The molecule has 3 aromatic rings. The fraction of sp³-hybridized carbons (Fsp3) is 0.400. The van der Waals surface area contributed by atoms with E-state index >= 15 is 4.39 Å². The zero-order chi connectivity index (χ0) is 32.4. The first-order chi connectivity index (χ1) is 20.6. The summed E-state index contributed by atoms with van der Waals surface area (Å²) >= 11 is 0. The Morgan fingerprint density at radius 1 is 0.909 bits per heavy atom. The van der Waals surface area contributed by atoms with Crippen molar-refractivity contribution >= 4 is 11.9 Å². The summed E-state index contributed by atoms with van der Waals surface area (Å²) in [6, 6.07) is 14.1. The fourth-order valence-electron chi connectivity index (χ4n) is 5.03. The number of rotatable bonds is 8. The molecule has 2 aromatic carbocycles. The molecule has 0 fully saturated rings. The molecule has 2 heterocycles. The lowest BCUT2D eigenvalue weighted by atomic mass is 9.79. The van der Waals surface area contributed by atoms with E-state index in [9.17, 15) is 9.59 Å². The molecule has 0 aliphatic carbocycles. The molecule has 1 aliphatic rings. The number of allylic oxidation sites excluding steroid dienone is 2. The van der Waals surface area contributed by atoms with Gasteiger partial charge >= 0.3 is 11.9 Å². The maximum atomic E-state index is 15.3. The van der Waals surface area contributed by atoms with Gasteiger partial charge in [0.2, 0.25) is 0 Å². The summed E-state index contributed by atoms with van der Waals surface area (Å²) in [6.07, 6.45) is 2.51. The molecule has 0 saturated heterocycles. The average molecular weight is 604 g/mol. The lowest BCUT2D eigenvalue weighted by Crippen LogP contribution is -2.36. The van der Waals surface area contributed by atoms with Gasteiger partial charge in [-0.3, -0.25) is 0 Å². The van der Waals surface area contributed by atoms with E-state index in [2.05, 4.69) is 5.32 Å². The molecule has 1 aromatic heterocycles. The molecule has 44 heavy (non-hydrogen) atoms. The number of benzene rings is 2. The number of hydrogen-bond acceptors (Lipinski definition) is 7. The Morgan fingerprint density at radius 2 is 1.48 bits per heavy atom. The number of nitrogens with one attached hydrogen (secondary N) is 1. The zero-order valence-corrected chi connectivity index (χ0v) is 27.0. The van der Waals surface area contributed by atoms with Gasteiger partial charge in [0.05, 0.1) is 35.1 Å². The number of para-hydroxylation sites is 1. The third-order valence-corrected chi connectivity index (χ3v) is 6.74. The standard InChI is InChI=1S/C35H42FN3O5/c1-10-18-42-27-17-16-23(19-26(27)36)31-25(20-39(38-31)24-14-12-11-13-15-24)30-28(32(40)43-34(4,5)6)21(2)37-22(3)29(30)33(41)44-35(7,8)9/h11-17,19-20,30,37H,10,18H2,1-9H3. The van der Waals surface area contributed by atoms with Crippen molar-refractivity contribution in [2.24, 2.45) is 0 Å². The van der Waals surface area contributed by atoms with Crippen LogP contribution in [0, 0.1) is 5.82 Å². The average Bonchev–Trinajstić information content (AvgIpc) is 3.35. The van der Waals surface area contributed by atoms with Crippen molar-refractivity contribution in [2.75, 3.05) is 6.61 Å². The largest absolute Gasteiger partial charge is 0.491 e. The first kappa shape index (κ1) is 32.5. The van der Waals surface area contributed by atoms with Crippen LogP contribution in [0.3, 0.4) is 0 Å². The molecule has 4 rings (SSSR count). The second-order valence-corrected chi connectivity index (χ2v) is 12.8. The summed E-state index contributed by atoms with van der Waals surface area (Å²) in [4.78, 5) is 27.8. The second-order valence-electron chi connectivity index (χ2n) is 12.8. The van der Waals surface area contributed by atoms with Gasteiger partial charge in [-0.1, -0.05) is 25.1 Å². The van der Waals surface area contributed by atoms with Crippen LogP contribution < -0.4 is 10.1 Å². The van der Waals surface area contributed by atoms with Crippen molar-refractivity contribution in [3.63, 3.8) is 0 Å². The van der Waals surface area contributed by atoms with E-state index in [1.807, 2.05) is 37.3 Å². The first-order valence-corrected chi connectivity index (χ1v) is 14.8. The molecule has 0 unspecified atom stereocenters. The second kappa shape index (κ2) is 12.7. The van der Waals surface area contributed by atoms with Gasteiger partial charge < -0.3 is 19.5 Å². The van der Waals surface area contributed by atoms with Crippen LogP contribution in [0.25, 0.3) is 16.9 Å². The minimum Gasteiger partial charge on any atom is -0.491 e. The molecule has 8 nitrogen and oxygen atoms in total. The van der Waals surface area contributed by atoms with Crippen molar-refractivity contribution in [2.45, 2.75) is 85.9 Å². The van der Waals surface area contributed by atoms with Crippen molar-refractivity contribution in [1.29, 1.82) is 0 Å². The van der Waals surface area contributed by atoms with Crippen LogP contribution in [0.15, 0.2) is 77.3 Å². The lowest BCUT2D eigenvalue weighted by molar-refractivity contribution is -0.150. The summed E-state index contributed by atoms with van der Waals surface area (Å²) in [6.45, 7) is 16.6. The molecule has 1 aliphatic heterocycles. The normalized spacial score (nSPS) is 14.4. The van der Waals surface area contributed by atoms with Gasteiger partial charge in [0, 0.05) is 28.7 Å². The van der Waals surface area contributed by atoms with Crippen molar-refractivity contribution in [1.82, 2.24) is 15.1 Å². The van der Waals surface area contributed by atoms with Gasteiger partial charge in [-0.15, -0.1) is 0 Å². The monoisotopic (exact) mass is 603 g/mol. The first-order valence-electron chi connectivity index (χ1n) is 14.8. The highest BCUT2D eigenvalue weighted by atomic mass is 19.1. The minimum absolute atomic E-state index is 0.136. The highest BCUT2D eigenvalue weighted by Crippen LogP contribution is 2.44. The maximum absolute atomic E-state index is 15.3. The van der Waals surface area contributed by atoms with Crippen LogP contribution in [0.5, 0.6) is 5.75 Å². The van der Waals surface area contributed by atoms with Crippen LogP contribution in [-0.2, 0) is 19.1 Å². The smallest absolute Gasteiger partial charge is 0.337 e. The van der Waals surface area contributed by atoms with E-state index in [1.54, 1.807) is 78.4 Å². The summed E-state index contributed by atoms with van der Waals surface area (Å²) in [5, 5.41) is 8.09. The Bertz CT molecular complexity index is 1560. The van der Waals surface area contributed by atoms with E-state index in [0.717, 1.165) is 12.1 Å². The molecule has 0 saturated carbocycles. The van der Waals surface area contributed by atoms with Crippen LogP contribution in [0.1, 0.15) is 80.2 Å². The van der Waals surface area contributed by atoms with Crippen molar-refractivity contribution in [3.8, 4) is 22.7 Å². The Labute approximate surface area is 258 Å². The number of dihydropyridines is 1. The number of esters is 2. The highest BCUT2D eigenvalue weighted by molar-refractivity contribution is 6.00. The fourth-order valence-corrected chi connectivity index (χ4v) is 5.03. The molecule has 234 valence electrons. The molecule has 0 spiro atoms. The third-order valence-electron chi connectivity index (χ3n) is 6.74. The van der Waals surface area contributed by atoms with E-state index in [1.165, 1.54) is 6.07 Å². The summed E-state index contributed by atoms with van der Waals surface area (Å²) in [5.41, 5.74) is 2.04. The predicted octanol–water partition coefficient (Wildman–Crippen LogP) is 7.39. The number of carbonyl (C=O) groups is 2. The van der Waals surface area contributed by atoms with E-state index < -0.39 is 34.9 Å². The van der Waals surface area contributed by atoms with Gasteiger partial charge in [0.25, 0.3) is 0 Å². The van der Waals surface area contributed by atoms with E-state index in [0.29, 0.717) is 34.8 Å². The quantitative estimate of drug-likeness (QED) is 0.269. The van der Waals surface area contributed by atoms with Gasteiger partial charge in [0.15, 0.2) is 11.6 Å². The number of carbonyl (C=O) groups excluding carboxylic acids is 2. The van der Waals surface area contributed by atoms with Crippen LogP contribution >= 0.6 is 0 Å². The number of aromatic nitrogens is 2. The molecular weight excluding hydrogens is 561 g/mol. The predicted molar refractivity (Wildman–Crippen MR) is 168 cm³/mol. The maximum Gasteiger partial charge on any atom is 0.337 e. The Kier molecular flexibility index (Phi) is 9.37. The molecule has 0 radical (unpaired) electrons. The van der Waals surface area contributed by atoms with Gasteiger partial charge in [0.1, 0.15) is 11.2 Å². The third kappa shape index (κ3) is 7.38. The lowest BCUT2D eigenvalue weighted by Gasteiger charge is -2.33. The number of halogens is 1. The van der Waals surface area contributed by atoms with Gasteiger partial charge in [-0.25, -0.2) is 18.7 Å². The van der Waals surface area contributed by atoms with E-state index in [-0.39, 0.29) is 16.9 Å².